The van der Waals surface area contributed by atoms with E-state index in [4.69, 9.17) is 11.6 Å². The summed E-state index contributed by atoms with van der Waals surface area (Å²) in [5.41, 5.74) is -0.546. The number of carbonyl (C=O) groups is 3. The summed E-state index contributed by atoms with van der Waals surface area (Å²) < 4.78 is 30.6. The molecule has 0 spiro atoms. The van der Waals surface area contributed by atoms with Gasteiger partial charge in [0.1, 0.15) is 12.1 Å². The van der Waals surface area contributed by atoms with Gasteiger partial charge in [-0.2, -0.15) is 5.26 Å². The molecule has 8 nitrogen and oxygen atoms in total. The van der Waals surface area contributed by atoms with E-state index >= 15 is 8.78 Å². The molecule has 4 fully saturated rings. The minimum Gasteiger partial charge on any atom is -0.372 e. The van der Waals surface area contributed by atoms with Crippen LogP contribution in [0.1, 0.15) is 49.7 Å². The van der Waals surface area contributed by atoms with E-state index in [1.54, 1.807) is 36.4 Å². The molecule has 0 radical (unpaired) electrons. The van der Waals surface area contributed by atoms with Crippen LogP contribution in [-0.4, -0.2) is 58.3 Å². The minimum atomic E-state index is -3.22. The Hall–Kier alpha value is -3.55. The van der Waals surface area contributed by atoms with Crippen molar-refractivity contribution in [1.82, 2.24) is 15.5 Å². The lowest BCUT2D eigenvalue weighted by Gasteiger charge is -2.54. The second kappa shape index (κ2) is 10.1. The van der Waals surface area contributed by atoms with E-state index in [0.29, 0.717) is 24.1 Å². The molecule has 41 heavy (non-hydrogen) atoms. The number of alkyl halides is 2. The van der Waals surface area contributed by atoms with Crippen LogP contribution in [0.15, 0.2) is 42.5 Å². The number of carbonyl (C=O) groups excluding carboxylic acids is 3. The Labute approximate surface area is 240 Å². The number of aliphatic hydroxyl groups is 1. The van der Waals surface area contributed by atoms with Crippen molar-refractivity contribution < 1.29 is 28.3 Å². The number of nitrogens with one attached hydrogen (secondary N) is 2. The summed E-state index contributed by atoms with van der Waals surface area (Å²) in [7, 11) is 0. The lowest BCUT2D eigenvalue weighted by atomic mass is 9.70. The third-order valence-electron chi connectivity index (χ3n) is 9.12. The number of halogens is 3. The lowest BCUT2D eigenvalue weighted by Crippen LogP contribution is -2.70. The van der Waals surface area contributed by atoms with Gasteiger partial charge in [0.2, 0.25) is 11.8 Å². The van der Waals surface area contributed by atoms with Crippen LogP contribution in [0, 0.1) is 23.2 Å². The van der Waals surface area contributed by atoms with Gasteiger partial charge in [-0.3, -0.25) is 14.4 Å². The van der Waals surface area contributed by atoms with Crippen LogP contribution < -0.4 is 10.6 Å². The van der Waals surface area contributed by atoms with Crippen LogP contribution in [0.2, 0.25) is 5.02 Å². The predicted molar refractivity (Wildman–Crippen MR) is 144 cm³/mol. The molecular formula is C30H29ClF2N4O4. The third kappa shape index (κ3) is 4.37. The Bertz CT molecular complexity index is 1480. The van der Waals surface area contributed by atoms with E-state index < -0.39 is 59.7 Å². The van der Waals surface area contributed by atoms with Gasteiger partial charge in [-0.05, 0) is 55.4 Å². The van der Waals surface area contributed by atoms with Crippen LogP contribution in [0.25, 0.3) is 11.1 Å². The fraction of sp³-hybridized carbons (Fsp3) is 0.467. The maximum atomic E-state index is 15.3. The van der Waals surface area contributed by atoms with Crippen LogP contribution in [0.5, 0.6) is 0 Å². The van der Waals surface area contributed by atoms with Gasteiger partial charge in [-0.25, -0.2) is 8.78 Å². The number of hydrogen-bond donors (Lipinski definition) is 3. The van der Waals surface area contributed by atoms with E-state index in [1.165, 1.54) is 6.07 Å². The first-order chi connectivity index (χ1) is 19.6. The van der Waals surface area contributed by atoms with E-state index in [-0.39, 0.29) is 41.3 Å². The molecule has 3 aliphatic heterocycles. The van der Waals surface area contributed by atoms with Crippen LogP contribution >= 0.6 is 11.6 Å². The quantitative estimate of drug-likeness (QED) is 0.498. The second-order valence-electron chi connectivity index (χ2n) is 11.5. The number of amides is 3. The molecule has 2 aliphatic carbocycles. The fourth-order valence-corrected chi connectivity index (χ4v) is 7.36. The third-order valence-corrected chi connectivity index (χ3v) is 9.35. The van der Waals surface area contributed by atoms with Crippen LogP contribution in [0.3, 0.4) is 0 Å². The summed E-state index contributed by atoms with van der Waals surface area (Å²) in [5.74, 6) is -7.19. The number of rotatable bonds is 5. The normalized spacial score (nSPS) is 30.0. The maximum Gasteiger partial charge on any atom is 0.264 e. The average Bonchev–Trinajstić information content (AvgIpc) is 3.21. The smallest absolute Gasteiger partial charge is 0.264 e. The van der Waals surface area contributed by atoms with Crippen molar-refractivity contribution in [2.24, 2.45) is 11.8 Å². The first-order valence-corrected chi connectivity index (χ1v) is 14.2. The van der Waals surface area contributed by atoms with E-state index in [1.807, 2.05) is 6.07 Å². The highest BCUT2D eigenvalue weighted by atomic mass is 35.5. The van der Waals surface area contributed by atoms with Crippen LogP contribution in [0.4, 0.5) is 8.78 Å². The molecule has 1 unspecified atom stereocenters. The average molecular weight is 583 g/mol. The number of nitrogens with zero attached hydrogens (tertiary/aromatic N) is 2. The van der Waals surface area contributed by atoms with Crippen molar-refractivity contribution in [2.75, 3.05) is 6.54 Å². The SMILES string of the molecule is N#C[C@H](C[C@H]1CCCNC1=O)NC(=O)[C@H]1[C@@H]2CC[C@@H](CC2(F)F)N1C(=O)C1(O)c2ccccc2-c2ccc(Cl)cc21. The zero-order valence-corrected chi connectivity index (χ0v) is 22.8. The molecule has 0 aromatic heterocycles. The Morgan fingerprint density at radius 2 is 1.93 bits per heavy atom. The van der Waals surface area contributed by atoms with Crippen LogP contribution in [-0.2, 0) is 20.0 Å². The van der Waals surface area contributed by atoms with Crippen molar-refractivity contribution in [3.05, 3.63) is 58.6 Å². The highest BCUT2D eigenvalue weighted by Gasteiger charge is 2.63. The Morgan fingerprint density at radius 1 is 1.17 bits per heavy atom. The Balaban J connectivity index is 1.36. The molecule has 214 valence electrons. The number of nitriles is 1. The van der Waals surface area contributed by atoms with Gasteiger partial charge < -0.3 is 20.6 Å². The molecule has 1 saturated carbocycles. The molecule has 7 rings (SSSR count). The van der Waals surface area contributed by atoms with E-state index in [9.17, 15) is 24.8 Å². The van der Waals surface area contributed by atoms with Gasteiger partial charge in [0.25, 0.3) is 11.8 Å². The number of hydrogen-bond acceptors (Lipinski definition) is 5. The largest absolute Gasteiger partial charge is 0.372 e. The van der Waals surface area contributed by atoms with Gasteiger partial charge in [0, 0.05) is 41.1 Å². The van der Waals surface area contributed by atoms with Gasteiger partial charge >= 0.3 is 0 Å². The van der Waals surface area contributed by atoms with Gasteiger partial charge in [0.15, 0.2) is 5.60 Å². The minimum absolute atomic E-state index is 0.0131. The van der Waals surface area contributed by atoms with Crippen molar-refractivity contribution in [2.45, 2.75) is 68.2 Å². The lowest BCUT2D eigenvalue weighted by molar-refractivity contribution is -0.201. The molecule has 5 aliphatic rings. The molecule has 3 saturated heterocycles. The number of benzene rings is 2. The molecular weight excluding hydrogens is 554 g/mol. The molecule has 3 heterocycles. The van der Waals surface area contributed by atoms with Crippen molar-refractivity contribution >= 4 is 29.3 Å². The molecule has 3 N–H and O–H groups in total. The molecule has 2 aromatic carbocycles. The monoisotopic (exact) mass is 582 g/mol. The summed E-state index contributed by atoms with van der Waals surface area (Å²) in [6.45, 7) is 0.538. The standard InChI is InChI=1S/C30H29ClF2N4O4/c31-17-7-9-21-20-5-1-2-6-22(20)30(41,24(21)13-17)28(40)37-19-8-10-23(29(32,33)14-19)25(37)27(39)36-18(15-34)12-16-4-3-11-35-26(16)38/h1-2,5-7,9,13,16,18-19,23,25,41H,3-4,8,10-12,14H2,(H,35,38)(H,36,39)/t16-,18+,19+,23+,25-,30?/m1/s1. The highest BCUT2D eigenvalue weighted by Crippen LogP contribution is 2.54. The second-order valence-corrected chi connectivity index (χ2v) is 11.9. The molecule has 2 aromatic rings. The zero-order valence-electron chi connectivity index (χ0n) is 22.1. The highest BCUT2D eigenvalue weighted by molar-refractivity contribution is 6.31. The summed E-state index contributed by atoms with van der Waals surface area (Å²) in [4.78, 5) is 41.6. The topological polar surface area (TPSA) is 123 Å². The molecule has 3 amide bonds. The Morgan fingerprint density at radius 3 is 2.66 bits per heavy atom. The molecule has 6 atom stereocenters. The number of fused-ring (bicyclic) bond motifs is 6. The Kier molecular flexibility index (Phi) is 6.78. The van der Waals surface area contributed by atoms with Gasteiger partial charge in [-0.1, -0.05) is 41.9 Å². The maximum absolute atomic E-state index is 15.3. The molecule has 11 heteroatoms. The van der Waals surface area contributed by atoms with Gasteiger partial charge in [0.05, 0.1) is 12.0 Å². The van der Waals surface area contributed by atoms with Crippen molar-refractivity contribution in [3.63, 3.8) is 0 Å². The zero-order chi connectivity index (χ0) is 29.1. The molecule has 2 bridgehead atoms. The summed E-state index contributed by atoms with van der Waals surface area (Å²) >= 11 is 6.27. The van der Waals surface area contributed by atoms with Gasteiger partial charge in [-0.15, -0.1) is 0 Å². The van der Waals surface area contributed by atoms with Crippen molar-refractivity contribution in [3.8, 4) is 17.2 Å². The van der Waals surface area contributed by atoms with Crippen molar-refractivity contribution in [1.29, 1.82) is 5.26 Å². The number of piperidine rings is 3. The first-order valence-electron chi connectivity index (χ1n) is 13.9. The first kappa shape index (κ1) is 27.6. The predicted octanol–water partition coefficient (Wildman–Crippen LogP) is 3.50. The summed E-state index contributed by atoms with van der Waals surface area (Å²) in [6, 6.07) is 9.88. The summed E-state index contributed by atoms with van der Waals surface area (Å²) in [5, 5.41) is 27.6. The van der Waals surface area contributed by atoms with E-state index in [2.05, 4.69) is 10.6 Å². The summed E-state index contributed by atoms with van der Waals surface area (Å²) in [6.07, 6.45) is 0.943. The fourth-order valence-electron chi connectivity index (χ4n) is 7.19. The van der Waals surface area contributed by atoms with E-state index in [0.717, 1.165) is 11.3 Å².